The van der Waals surface area contributed by atoms with Gasteiger partial charge in [0, 0.05) is 36.4 Å². The molecule has 1 aromatic carbocycles. The van der Waals surface area contributed by atoms with E-state index < -0.39 is 0 Å². The van der Waals surface area contributed by atoms with Crippen molar-refractivity contribution in [1.29, 1.82) is 0 Å². The third-order valence-electron chi connectivity index (χ3n) is 8.14. The molecule has 0 aromatic heterocycles. The monoisotopic (exact) mass is 474 g/mol. The van der Waals surface area contributed by atoms with Gasteiger partial charge in [-0.2, -0.15) is 0 Å². The maximum absolute atomic E-state index is 13.0. The number of halogens is 1. The highest BCUT2D eigenvalue weighted by molar-refractivity contribution is 9.10. The van der Waals surface area contributed by atoms with Crippen molar-refractivity contribution in [3.05, 3.63) is 29.8 Å². The van der Waals surface area contributed by atoms with Gasteiger partial charge in [-0.15, -0.1) is 0 Å². The Hall–Kier alpha value is -1.07. The van der Waals surface area contributed by atoms with E-state index in [4.69, 9.17) is 4.74 Å². The summed E-state index contributed by atoms with van der Waals surface area (Å²) in [6, 6.07) is 8.68. The summed E-state index contributed by atoms with van der Waals surface area (Å²) < 4.78 is 5.68. The molecule has 4 bridgehead atoms. The van der Waals surface area contributed by atoms with Crippen LogP contribution < -0.4 is 10.1 Å². The van der Waals surface area contributed by atoms with E-state index in [-0.39, 0.29) is 5.41 Å². The Morgan fingerprint density at radius 2 is 1.93 bits per heavy atom. The summed E-state index contributed by atoms with van der Waals surface area (Å²) in [4.78, 5) is 15.5. The largest absolute Gasteiger partial charge is 0.497 e. The quantitative estimate of drug-likeness (QED) is 0.596. The first-order chi connectivity index (χ1) is 14.4. The van der Waals surface area contributed by atoms with Gasteiger partial charge in [-0.05, 0) is 86.3 Å². The molecule has 1 aliphatic heterocycles. The van der Waals surface area contributed by atoms with Crippen LogP contribution >= 0.6 is 15.9 Å². The average Bonchev–Trinajstić information content (AvgIpc) is 2.67. The van der Waals surface area contributed by atoms with Crippen molar-refractivity contribution in [3.63, 3.8) is 0 Å². The SMILES string of the molecule is COc1cccc(CN2CCC(NC(=O)CC34CC5CC(CC(Br)(C5)C3)C4)CC2)c1. The summed E-state index contributed by atoms with van der Waals surface area (Å²) in [5.74, 6) is 2.92. The van der Waals surface area contributed by atoms with Crippen LogP contribution in [0.5, 0.6) is 5.75 Å². The van der Waals surface area contributed by atoms with Gasteiger partial charge in [0.1, 0.15) is 5.75 Å². The van der Waals surface area contributed by atoms with Gasteiger partial charge in [0.25, 0.3) is 0 Å². The van der Waals surface area contributed by atoms with Crippen LogP contribution in [0.15, 0.2) is 24.3 Å². The van der Waals surface area contributed by atoms with E-state index in [2.05, 4.69) is 44.3 Å². The predicted octanol–water partition coefficient (Wildman–Crippen LogP) is 4.90. The lowest BCUT2D eigenvalue weighted by Gasteiger charge is -2.60. The highest BCUT2D eigenvalue weighted by Gasteiger charge is 2.57. The standard InChI is InChI=1S/C25H35BrN2O2/c1-30-22-4-2-3-18(10-22)16-28-7-5-21(6-8-28)27-23(29)15-24-11-19-9-20(12-24)14-25(26,13-19)17-24/h2-4,10,19-21H,5-9,11-17H2,1H3,(H,27,29). The van der Waals surface area contributed by atoms with Crippen molar-refractivity contribution >= 4 is 21.8 Å². The van der Waals surface area contributed by atoms with Gasteiger partial charge in [0.2, 0.25) is 5.91 Å². The molecule has 164 valence electrons. The fourth-order valence-corrected chi connectivity index (χ4v) is 8.94. The zero-order chi connectivity index (χ0) is 20.8. The molecule has 0 spiro atoms. The summed E-state index contributed by atoms with van der Waals surface area (Å²) in [5.41, 5.74) is 1.56. The molecule has 5 fully saturated rings. The molecule has 1 N–H and O–H groups in total. The van der Waals surface area contributed by atoms with Crippen molar-refractivity contribution in [3.8, 4) is 5.75 Å². The normalized spacial score (nSPS) is 36.1. The first-order valence-corrected chi connectivity index (χ1v) is 12.6. The fraction of sp³-hybridized carbons (Fsp3) is 0.720. The van der Waals surface area contributed by atoms with Crippen molar-refractivity contribution in [1.82, 2.24) is 10.2 Å². The molecule has 4 nitrogen and oxygen atoms in total. The lowest BCUT2D eigenvalue weighted by Crippen LogP contribution is -2.54. The summed E-state index contributed by atoms with van der Waals surface area (Å²) in [6.07, 6.45) is 10.7. The van der Waals surface area contributed by atoms with Crippen LogP contribution in [0.1, 0.15) is 63.4 Å². The van der Waals surface area contributed by atoms with Crippen molar-refractivity contribution in [2.24, 2.45) is 17.3 Å². The molecular weight excluding hydrogens is 440 g/mol. The van der Waals surface area contributed by atoms with E-state index in [0.717, 1.165) is 56.5 Å². The number of benzene rings is 1. The molecule has 5 heteroatoms. The Morgan fingerprint density at radius 3 is 2.60 bits per heavy atom. The molecule has 0 radical (unpaired) electrons. The van der Waals surface area contributed by atoms with Crippen LogP contribution in [0.3, 0.4) is 0 Å². The molecule has 1 heterocycles. The lowest BCUT2D eigenvalue weighted by atomic mass is 9.48. The number of nitrogens with one attached hydrogen (secondary N) is 1. The van der Waals surface area contributed by atoms with Gasteiger partial charge in [0.05, 0.1) is 7.11 Å². The van der Waals surface area contributed by atoms with Crippen LogP contribution in [-0.4, -0.2) is 41.4 Å². The van der Waals surface area contributed by atoms with Crippen molar-refractivity contribution in [2.45, 2.75) is 74.7 Å². The topological polar surface area (TPSA) is 41.6 Å². The molecule has 6 rings (SSSR count). The number of hydrogen-bond donors (Lipinski definition) is 1. The average molecular weight is 475 g/mol. The number of methoxy groups -OCH3 is 1. The Bertz CT molecular complexity index is 775. The summed E-state index contributed by atoms with van der Waals surface area (Å²) >= 11 is 4.08. The molecule has 1 saturated heterocycles. The zero-order valence-corrected chi connectivity index (χ0v) is 19.8. The van der Waals surface area contributed by atoms with Gasteiger partial charge in [-0.25, -0.2) is 0 Å². The predicted molar refractivity (Wildman–Crippen MR) is 123 cm³/mol. The minimum Gasteiger partial charge on any atom is -0.497 e. The maximum atomic E-state index is 13.0. The number of nitrogens with zero attached hydrogens (tertiary/aromatic N) is 1. The van der Waals surface area contributed by atoms with Gasteiger partial charge >= 0.3 is 0 Å². The van der Waals surface area contributed by atoms with Gasteiger partial charge in [0.15, 0.2) is 0 Å². The summed E-state index contributed by atoms with van der Waals surface area (Å²) in [7, 11) is 1.72. The number of alkyl halides is 1. The Labute approximate surface area is 189 Å². The van der Waals surface area contributed by atoms with E-state index in [0.29, 0.717) is 16.3 Å². The first kappa shape index (κ1) is 20.8. The number of likely N-dealkylation sites (tertiary alicyclic amines) is 1. The van der Waals surface area contributed by atoms with Crippen LogP contribution in [0.25, 0.3) is 0 Å². The van der Waals surface area contributed by atoms with Crippen LogP contribution in [0, 0.1) is 17.3 Å². The Kier molecular flexibility index (Phi) is 5.64. The second kappa shape index (κ2) is 8.12. The molecule has 2 atom stereocenters. The van der Waals surface area contributed by atoms with Crippen LogP contribution in [0.2, 0.25) is 0 Å². The molecule has 5 aliphatic rings. The molecule has 30 heavy (non-hydrogen) atoms. The summed E-state index contributed by atoms with van der Waals surface area (Å²) in [6.45, 7) is 3.04. The Morgan fingerprint density at radius 1 is 1.20 bits per heavy atom. The van der Waals surface area contributed by atoms with Crippen molar-refractivity contribution < 1.29 is 9.53 Å². The molecule has 4 saturated carbocycles. The van der Waals surface area contributed by atoms with Gasteiger partial charge < -0.3 is 10.1 Å². The first-order valence-electron chi connectivity index (χ1n) is 11.8. The van der Waals surface area contributed by atoms with Gasteiger partial charge in [-0.1, -0.05) is 28.1 Å². The molecule has 1 amide bonds. The molecule has 1 aromatic rings. The maximum Gasteiger partial charge on any atom is 0.220 e. The number of hydrogen-bond acceptors (Lipinski definition) is 3. The number of carbonyl (C=O) groups excluding carboxylic acids is 1. The lowest BCUT2D eigenvalue weighted by molar-refractivity contribution is -0.129. The zero-order valence-electron chi connectivity index (χ0n) is 18.2. The minimum absolute atomic E-state index is 0.269. The van der Waals surface area contributed by atoms with E-state index >= 15 is 0 Å². The molecule has 4 aliphatic carbocycles. The second-order valence-electron chi connectivity index (χ2n) is 10.8. The number of rotatable bonds is 6. The number of amides is 1. The van der Waals surface area contributed by atoms with E-state index in [9.17, 15) is 4.79 Å². The second-order valence-corrected chi connectivity index (χ2v) is 12.4. The highest BCUT2D eigenvalue weighted by Crippen LogP contribution is 2.65. The fourth-order valence-electron chi connectivity index (χ4n) is 7.43. The van der Waals surface area contributed by atoms with Crippen LogP contribution in [0.4, 0.5) is 0 Å². The van der Waals surface area contributed by atoms with Gasteiger partial charge in [-0.3, -0.25) is 9.69 Å². The van der Waals surface area contributed by atoms with Crippen molar-refractivity contribution in [2.75, 3.05) is 20.2 Å². The molecular formula is C25H35BrN2O2. The number of carbonyl (C=O) groups is 1. The van der Waals surface area contributed by atoms with Crippen LogP contribution in [-0.2, 0) is 11.3 Å². The summed E-state index contributed by atoms with van der Waals surface area (Å²) in [5, 5.41) is 3.41. The molecule has 2 unspecified atom stereocenters. The van der Waals surface area contributed by atoms with E-state index in [1.165, 1.54) is 44.1 Å². The third kappa shape index (κ3) is 4.43. The highest BCUT2D eigenvalue weighted by atomic mass is 79.9. The number of ether oxygens (including phenoxy) is 1. The minimum atomic E-state index is 0.269. The number of piperidine rings is 1. The van der Waals surface area contributed by atoms with E-state index in [1.54, 1.807) is 7.11 Å². The third-order valence-corrected chi connectivity index (χ3v) is 9.07. The van der Waals surface area contributed by atoms with E-state index in [1.807, 2.05) is 6.07 Å². The Balaban J connectivity index is 1.10. The smallest absolute Gasteiger partial charge is 0.220 e.